The fourth-order valence-electron chi connectivity index (χ4n) is 4.86. The number of hydrogen-bond donors (Lipinski definition) is 1. The molecule has 7 heteroatoms. The molecule has 3 aliphatic rings. The summed E-state index contributed by atoms with van der Waals surface area (Å²) in [5, 5.41) is 3.06. The number of piperidine rings is 1. The molecule has 6 rings (SSSR count). The molecule has 0 unspecified atom stereocenters. The predicted molar refractivity (Wildman–Crippen MR) is 116 cm³/mol. The first-order valence-electron chi connectivity index (χ1n) is 11.1. The Balaban J connectivity index is 1.08. The van der Waals surface area contributed by atoms with E-state index in [1.807, 2.05) is 42.5 Å². The number of para-hydroxylation sites is 2. The molecular formula is C24H25N3O4. The van der Waals surface area contributed by atoms with Crippen molar-refractivity contribution in [1.29, 1.82) is 0 Å². The van der Waals surface area contributed by atoms with E-state index in [0.29, 0.717) is 6.01 Å². The van der Waals surface area contributed by atoms with Crippen LogP contribution in [0, 0.1) is 5.92 Å². The van der Waals surface area contributed by atoms with Gasteiger partial charge in [-0.2, -0.15) is 4.98 Å². The lowest BCUT2D eigenvalue weighted by molar-refractivity contribution is -0.120. The zero-order valence-electron chi connectivity index (χ0n) is 17.3. The van der Waals surface area contributed by atoms with Crippen molar-refractivity contribution in [3.8, 4) is 11.5 Å². The second kappa shape index (κ2) is 7.18. The monoisotopic (exact) mass is 419 g/mol. The molecule has 0 radical (unpaired) electrons. The quantitative estimate of drug-likeness (QED) is 0.662. The van der Waals surface area contributed by atoms with Crippen molar-refractivity contribution < 1.29 is 18.7 Å². The van der Waals surface area contributed by atoms with Crippen molar-refractivity contribution in [2.24, 2.45) is 5.92 Å². The molecule has 1 aliphatic carbocycles. The van der Waals surface area contributed by atoms with Gasteiger partial charge in [-0.15, -0.1) is 0 Å². The average Bonchev–Trinajstić information content (AvgIpc) is 3.51. The zero-order valence-corrected chi connectivity index (χ0v) is 17.3. The number of rotatable bonds is 3. The van der Waals surface area contributed by atoms with E-state index in [1.54, 1.807) is 0 Å². The Labute approximate surface area is 180 Å². The molecule has 3 aromatic rings. The van der Waals surface area contributed by atoms with Crippen molar-refractivity contribution in [3.63, 3.8) is 0 Å². The van der Waals surface area contributed by atoms with E-state index in [0.717, 1.165) is 79.9 Å². The van der Waals surface area contributed by atoms with Gasteiger partial charge in [0.1, 0.15) is 5.52 Å². The van der Waals surface area contributed by atoms with Crippen molar-refractivity contribution in [2.45, 2.75) is 44.3 Å². The fraction of sp³-hybridized carbons (Fsp3) is 0.417. The Morgan fingerprint density at radius 2 is 1.81 bits per heavy atom. The summed E-state index contributed by atoms with van der Waals surface area (Å²) >= 11 is 0. The van der Waals surface area contributed by atoms with Gasteiger partial charge in [0.05, 0.1) is 0 Å². The number of nitrogens with one attached hydrogen (secondary N) is 1. The summed E-state index contributed by atoms with van der Waals surface area (Å²) in [6, 6.07) is 14.1. The van der Waals surface area contributed by atoms with Gasteiger partial charge in [0.25, 0.3) is 11.8 Å². The minimum atomic E-state index is -0.484. The zero-order chi connectivity index (χ0) is 20.8. The van der Waals surface area contributed by atoms with Gasteiger partial charge in [-0.1, -0.05) is 12.1 Å². The first kappa shape index (κ1) is 18.5. The topological polar surface area (TPSA) is 76.8 Å². The van der Waals surface area contributed by atoms with Crippen molar-refractivity contribution in [3.05, 3.63) is 42.5 Å². The summed E-state index contributed by atoms with van der Waals surface area (Å²) in [6.45, 7) is 1.49. The first-order valence-corrected chi connectivity index (χ1v) is 11.1. The molecule has 2 aromatic carbocycles. The second-order valence-electron chi connectivity index (χ2n) is 8.70. The number of anilines is 2. The summed E-state index contributed by atoms with van der Waals surface area (Å²) in [5.41, 5.74) is 2.41. The second-order valence-corrected chi connectivity index (χ2v) is 8.70. The van der Waals surface area contributed by atoms with Gasteiger partial charge in [-0.25, -0.2) is 0 Å². The summed E-state index contributed by atoms with van der Waals surface area (Å²) in [5.74, 6) is 1.03. The van der Waals surface area contributed by atoms with E-state index >= 15 is 0 Å². The number of ether oxygens (including phenoxy) is 2. The third-order valence-corrected chi connectivity index (χ3v) is 6.59. The largest absolute Gasteiger partial charge is 0.448 e. The Morgan fingerprint density at radius 3 is 2.61 bits per heavy atom. The van der Waals surface area contributed by atoms with E-state index in [2.05, 4.69) is 15.2 Å². The molecule has 0 bridgehead atoms. The summed E-state index contributed by atoms with van der Waals surface area (Å²) < 4.78 is 18.0. The van der Waals surface area contributed by atoms with E-state index in [4.69, 9.17) is 13.9 Å². The summed E-state index contributed by atoms with van der Waals surface area (Å²) in [6.07, 6.45) is 5.61. The number of aromatic nitrogens is 1. The molecule has 1 saturated carbocycles. The third-order valence-electron chi connectivity index (χ3n) is 6.59. The van der Waals surface area contributed by atoms with Crippen LogP contribution in [0.3, 0.4) is 0 Å². The normalized spacial score (nSPS) is 19.9. The van der Waals surface area contributed by atoms with Crippen molar-refractivity contribution >= 4 is 28.7 Å². The van der Waals surface area contributed by atoms with E-state index in [-0.39, 0.29) is 11.8 Å². The maximum Gasteiger partial charge on any atom is 0.298 e. The van der Waals surface area contributed by atoms with Gasteiger partial charge < -0.3 is 24.1 Å². The predicted octanol–water partition coefficient (Wildman–Crippen LogP) is 4.72. The minimum absolute atomic E-state index is 0.0350. The molecule has 1 saturated heterocycles. The lowest BCUT2D eigenvalue weighted by atomic mass is 9.96. The molecule has 160 valence electrons. The number of benzene rings is 2. The Morgan fingerprint density at radius 1 is 1.03 bits per heavy atom. The van der Waals surface area contributed by atoms with Gasteiger partial charge in [-0.05, 0) is 49.9 Å². The third kappa shape index (κ3) is 3.38. The van der Waals surface area contributed by atoms with Crippen molar-refractivity contribution in [1.82, 2.24) is 4.98 Å². The maximum atomic E-state index is 12.9. The molecule has 1 aromatic heterocycles. The van der Waals surface area contributed by atoms with Crippen LogP contribution in [0.1, 0.15) is 38.5 Å². The Bertz CT molecular complexity index is 1090. The van der Waals surface area contributed by atoms with Crippen LogP contribution in [-0.2, 0) is 4.79 Å². The summed E-state index contributed by atoms with van der Waals surface area (Å²) in [4.78, 5) is 19.5. The molecule has 1 amide bonds. The highest BCUT2D eigenvalue weighted by atomic mass is 16.7. The van der Waals surface area contributed by atoms with Gasteiger partial charge >= 0.3 is 0 Å². The van der Waals surface area contributed by atoms with Gasteiger partial charge in [0.2, 0.25) is 5.91 Å². The van der Waals surface area contributed by atoms with Crippen LogP contribution >= 0.6 is 0 Å². The minimum Gasteiger partial charge on any atom is -0.448 e. The van der Waals surface area contributed by atoms with Crippen LogP contribution in [0.2, 0.25) is 0 Å². The lowest BCUT2D eigenvalue weighted by Crippen LogP contribution is -2.38. The summed E-state index contributed by atoms with van der Waals surface area (Å²) in [7, 11) is 0. The number of carbonyl (C=O) groups is 1. The molecule has 2 aliphatic heterocycles. The highest BCUT2D eigenvalue weighted by Crippen LogP contribution is 2.47. The molecule has 0 atom stereocenters. The molecule has 31 heavy (non-hydrogen) atoms. The molecule has 1 N–H and O–H groups in total. The fourth-order valence-corrected chi connectivity index (χ4v) is 4.86. The standard InChI is InChI=1S/C24H25N3O4/c28-22(25-17-7-8-20-21(15-17)31-24(30-20)11-3-4-12-24)16-9-13-27(14-10-16)23-26-18-5-1-2-6-19(18)29-23/h1-2,5-8,15-16H,3-4,9-14H2,(H,25,28). The molecule has 1 spiro atoms. The SMILES string of the molecule is O=C(Nc1ccc2c(c1)OC1(CCCC1)O2)C1CCN(c2nc3ccccc3o2)CC1. The van der Waals surface area contributed by atoms with Gasteiger partial charge in [0.15, 0.2) is 17.1 Å². The van der Waals surface area contributed by atoms with E-state index < -0.39 is 5.79 Å². The highest BCUT2D eigenvalue weighted by Gasteiger charge is 2.44. The maximum absolute atomic E-state index is 12.9. The molecule has 2 fully saturated rings. The molecule has 3 heterocycles. The molecule has 7 nitrogen and oxygen atoms in total. The van der Waals surface area contributed by atoms with Crippen LogP contribution in [-0.4, -0.2) is 29.8 Å². The average molecular weight is 419 g/mol. The van der Waals surface area contributed by atoms with E-state index in [1.165, 1.54) is 0 Å². The van der Waals surface area contributed by atoms with Gasteiger partial charge in [0, 0.05) is 43.6 Å². The van der Waals surface area contributed by atoms with Crippen LogP contribution in [0.5, 0.6) is 11.5 Å². The van der Waals surface area contributed by atoms with Crippen LogP contribution in [0.25, 0.3) is 11.1 Å². The Kier molecular flexibility index (Phi) is 4.30. The number of fused-ring (bicyclic) bond motifs is 2. The molecular weight excluding hydrogens is 394 g/mol. The van der Waals surface area contributed by atoms with Crippen LogP contribution < -0.4 is 19.7 Å². The smallest absolute Gasteiger partial charge is 0.298 e. The number of amides is 1. The van der Waals surface area contributed by atoms with Crippen LogP contribution in [0.4, 0.5) is 11.7 Å². The number of nitrogens with zero attached hydrogens (tertiary/aromatic N) is 2. The number of oxazole rings is 1. The number of hydrogen-bond acceptors (Lipinski definition) is 6. The van der Waals surface area contributed by atoms with Crippen molar-refractivity contribution in [2.75, 3.05) is 23.3 Å². The van der Waals surface area contributed by atoms with E-state index in [9.17, 15) is 4.79 Å². The Hall–Kier alpha value is -3.22. The highest BCUT2D eigenvalue weighted by molar-refractivity contribution is 5.93. The van der Waals surface area contributed by atoms with Crippen LogP contribution in [0.15, 0.2) is 46.9 Å². The first-order chi connectivity index (χ1) is 15.2. The number of carbonyl (C=O) groups excluding carboxylic acids is 1. The van der Waals surface area contributed by atoms with Gasteiger partial charge in [-0.3, -0.25) is 4.79 Å². The lowest BCUT2D eigenvalue weighted by Gasteiger charge is -2.30.